The Hall–Kier alpha value is -2.82. The summed E-state index contributed by atoms with van der Waals surface area (Å²) in [4.78, 5) is 4.56. The molecule has 0 saturated heterocycles. The van der Waals surface area contributed by atoms with E-state index in [4.69, 9.17) is 14.0 Å². The first-order valence-corrected chi connectivity index (χ1v) is 8.03. The summed E-state index contributed by atoms with van der Waals surface area (Å²) in [5, 5.41) is 4.12. The zero-order valence-electron chi connectivity index (χ0n) is 13.4. The maximum atomic E-state index is 5.71. The minimum Gasteiger partial charge on any atom is -0.496 e. The van der Waals surface area contributed by atoms with Crippen molar-refractivity contribution in [1.29, 1.82) is 0 Å². The molecule has 1 aliphatic rings. The van der Waals surface area contributed by atoms with Crippen LogP contribution in [0.25, 0.3) is 11.4 Å². The lowest BCUT2D eigenvalue weighted by molar-refractivity contribution is 0.259. The molecule has 1 aliphatic heterocycles. The van der Waals surface area contributed by atoms with Gasteiger partial charge in [-0.2, -0.15) is 4.98 Å². The third-order valence-electron chi connectivity index (χ3n) is 4.32. The standard InChI is InChI=1S/C19H18N2O3/c1-22-16-8-4-3-7-15(16)19-20-18(24-21-19)12-13-10-11-23-17-9-5-2-6-14(13)17/h2-9,13H,10-12H2,1H3/t13-/m1/s1. The molecule has 1 atom stereocenters. The molecule has 5 nitrogen and oxygen atoms in total. The van der Waals surface area contributed by atoms with Gasteiger partial charge >= 0.3 is 0 Å². The molecule has 0 unspecified atom stereocenters. The van der Waals surface area contributed by atoms with Crippen LogP contribution in [0.4, 0.5) is 0 Å². The molecule has 2 heterocycles. The van der Waals surface area contributed by atoms with Crippen LogP contribution in [-0.4, -0.2) is 23.9 Å². The van der Waals surface area contributed by atoms with Crippen LogP contribution in [0.5, 0.6) is 11.5 Å². The summed E-state index contributed by atoms with van der Waals surface area (Å²) in [6.45, 7) is 0.717. The molecule has 0 N–H and O–H groups in total. The Kier molecular flexibility index (Phi) is 3.91. The van der Waals surface area contributed by atoms with Crippen LogP contribution in [0.15, 0.2) is 53.1 Å². The molecule has 0 amide bonds. The molecular formula is C19H18N2O3. The number of para-hydroxylation sites is 2. The average Bonchev–Trinajstić information content (AvgIpc) is 3.10. The number of methoxy groups -OCH3 is 1. The van der Waals surface area contributed by atoms with Crippen molar-refractivity contribution in [3.63, 3.8) is 0 Å². The molecule has 1 aromatic heterocycles. The van der Waals surface area contributed by atoms with E-state index in [1.165, 1.54) is 5.56 Å². The zero-order valence-corrected chi connectivity index (χ0v) is 13.4. The Balaban J connectivity index is 1.59. The van der Waals surface area contributed by atoms with E-state index in [2.05, 4.69) is 16.2 Å². The molecule has 0 bridgehead atoms. The molecule has 0 saturated carbocycles. The van der Waals surface area contributed by atoms with E-state index < -0.39 is 0 Å². The molecule has 0 radical (unpaired) electrons. The summed E-state index contributed by atoms with van der Waals surface area (Å²) >= 11 is 0. The number of aromatic nitrogens is 2. The van der Waals surface area contributed by atoms with Crippen LogP contribution in [0, 0.1) is 0 Å². The van der Waals surface area contributed by atoms with Crippen LogP contribution >= 0.6 is 0 Å². The number of benzene rings is 2. The van der Waals surface area contributed by atoms with Crippen molar-refractivity contribution in [3.8, 4) is 22.9 Å². The lowest BCUT2D eigenvalue weighted by Crippen LogP contribution is -2.16. The molecule has 3 aromatic rings. The lowest BCUT2D eigenvalue weighted by Gasteiger charge is -2.24. The predicted octanol–water partition coefficient (Wildman–Crippen LogP) is 3.85. The van der Waals surface area contributed by atoms with Crippen molar-refractivity contribution in [3.05, 3.63) is 60.0 Å². The topological polar surface area (TPSA) is 57.4 Å². The highest BCUT2D eigenvalue weighted by molar-refractivity contribution is 5.63. The van der Waals surface area contributed by atoms with Crippen molar-refractivity contribution in [1.82, 2.24) is 10.1 Å². The first-order valence-electron chi connectivity index (χ1n) is 8.03. The quantitative estimate of drug-likeness (QED) is 0.730. The second-order valence-corrected chi connectivity index (χ2v) is 5.79. The molecule has 24 heavy (non-hydrogen) atoms. The smallest absolute Gasteiger partial charge is 0.227 e. The summed E-state index contributed by atoms with van der Waals surface area (Å²) in [6.07, 6.45) is 1.66. The monoisotopic (exact) mass is 322 g/mol. The summed E-state index contributed by atoms with van der Waals surface area (Å²) in [7, 11) is 1.64. The Morgan fingerprint density at radius 3 is 2.88 bits per heavy atom. The van der Waals surface area contributed by atoms with Gasteiger partial charge < -0.3 is 14.0 Å². The number of ether oxygens (including phenoxy) is 2. The highest BCUT2D eigenvalue weighted by atomic mass is 16.5. The maximum Gasteiger partial charge on any atom is 0.227 e. The van der Waals surface area contributed by atoms with E-state index in [-0.39, 0.29) is 0 Å². The highest BCUT2D eigenvalue weighted by Crippen LogP contribution is 2.35. The predicted molar refractivity (Wildman–Crippen MR) is 89.3 cm³/mol. The van der Waals surface area contributed by atoms with Gasteiger partial charge in [-0.05, 0) is 36.1 Å². The van der Waals surface area contributed by atoms with Crippen LogP contribution in [-0.2, 0) is 6.42 Å². The van der Waals surface area contributed by atoms with Crippen molar-refractivity contribution < 1.29 is 14.0 Å². The second kappa shape index (κ2) is 6.35. The van der Waals surface area contributed by atoms with E-state index in [1.54, 1.807) is 7.11 Å². The Morgan fingerprint density at radius 2 is 1.96 bits per heavy atom. The van der Waals surface area contributed by atoms with Crippen molar-refractivity contribution >= 4 is 0 Å². The number of hydrogen-bond acceptors (Lipinski definition) is 5. The molecule has 0 aliphatic carbocycles. The fraction of sp³-hybridized carbons (Fsp3) is 0.263. The number of fused-ring (bicyclic) bond motifs is 1. The molecule has 122 valence electrons. The minimum atomic E-state index is 0.334. The molecule has 0 fully saturated rings. The molecular weight excluding hydrogens is 304 g/mol. The molecule has 2 aromatic carbocycles. The Bertz CT molecular complexity index is 844. The lowest BCUT2D eigenvalue weighted by atomic mass is 9.90. The summed E-state index contributed by atoms with van der Waals surface area (Å²) in [5.74, 6) is 3.22. The Labute approximate surface area is 140 Å². The fourth-order valence-corrected chi connectivity index (χ4v) is 3.12. The fourth-order valence-electron chi connectivity index (χ4n) is 3.12. The van der Waals surface area contributed by atoms with E-state index >= 15 is 0 Å². The van der Waals surface area contributed by atoms with Crippen molar-refractivity contribution in [2.45, 2.75) is 18.8 Å². The van der Waals surface area contributed by atoms with Gasteiger partial charge in [0, 0.05) is 6.42 Å². The minimum absolute atomic E-state index is 0.334. The van der Waals surface area contributed by atoms with Gasteiger partial charge in [0.1, 0.15) is 11.5 Å². The Morgan fingerprint density at radius 1 is 1.12 bits per heavy atom. The third kappa shape index (κ3) is 2.73. The van der Waals surface area contributed by atoms with Gasteiger partial charge in [0.05, 0.1) is 19.3 Å². The van der Waals surface area contributed by atoms with Gasteiger partial charge in [-0.3, -0.25) is 0 Å². The van der Waals surface area contributed by atoms with Crippen molar-refractivity contribution in [2.24, 2.45) is 0 Å². The molecule has 0 spiro atoms. The van der Waals surface area contributed by atoms with E-state index in [0.29, 0.717) is 24.1 Å². The first kappa shape index (κ1) is 14.8. The van der Waals surface area contributed by atoms with Gasteiger partial charge in [-0.1, -0.05) is 35.5 Å². The van der Waals surface area contributed by atoms with Gasteiger partial charge in [0.15, 0.2) is 0 Å². The summed E-state index contributed by atoms with van der Waals surface area (Å²) in [5.41, 5.74) is 2.04. The SMILES string of the molecule is COc1ccccc1-c1noc(C[C@H]2CCOc3ccccc32)n1. The summed E-state index contributed by atoms with van der Waals surface area (Å²) < 4.78 is 16.6. The number of rotatable bonds is 4. The maximum absolute atomic E-state index is 5.71. The van der Waals surface area contributed by atoms with Gasteiger partial charge in [0.2, 0.25) is 11.7 Å². The second-order valence-electron chi connectivity index (χ2n) is 5.79. The van der Waals surface area contributed by atoms with E-state index in [9.17, 15) is 0 Å². The first-order chi connectivity index (χ1) is 11.8. The van der Waals surface area contributed by atoms with E-state index in [1.807, 2.05) is 42.5 Å². The van der Waals surface area contributed by atoms with Crippen LogP contribution < -0.4 is 9.47 Å². The van der Waals surface area contributed by atoms with Gasteiger partial charge in [-0.15, -0.1) is 0 Å². The largest absolute Gasteiger partial charge is 0.496 e. The highest BCUT2D eigenvalue weighted by Gasteiger charge is 2.24. The zero-order chi connectivity index (χ0) is 16.4. The third-order valence-corrected chi connectivity index (χ3v) is 4.32. The number of hydrogen-bond donors (Lipinski definition) is 0. The van der Waals surface area contributed by atoms with Gasteiger partial charge in [0.25, 0.3) is 0 Å². The average molecular weight is 322 g/mol. The normalized spacial score (nSPS) is 16.3. The summed E-state index contributed by atoms with van der Waals surface area (Å²) in [6, 6.07) is 15.8. The number of nitrogens with zero attached hydrogens (tertiary/aromatic N) is 2. The van der Waals surface area contributed by atoms with Crippen molar-refractivity contribution in [2.75, 3.05) is 13.7 Å². The van der Waals surface area contributed by atoms with Crippen LogP contribution in [0.2, 0.25) is 0 Å². The van der Waals surface area contributed by atoms with Crippen LogP contribution in [0.1, 0.15) is 23.8 Å². The molecule has 5 heteroatoms. The molecule has 4 rings (SSSR count). The van der Waals surface area contributed by atoms with Gasteiger partial charge in [-0.25, -0.2) is 0 Å². The van der Waals surface area contributed by atoms with E-state index in [0.717, 1.165) is 30.1 Å². The van der Waals surface area contributed by atoms with Crippen LogP contribution in [0.3, 0.4) is 0 Å².